The average Bonchev–Trinajstić information content (AvgIpc) is 2.65. The Balaban J connectivity index is 1.44. The van der Waals surface area contributed by atoms with E-state index in [9.17, 15) is 14.0 Å². The topological polar surface area (TPSA) is 84.5 Å². The van der Waals surface area contributed by atoms with Crippen LogP contribution < -0.4 is 10.3 Å². The molecule has 1 amide bonds. The highest BCUT2D eigenvalue weighted by molar-refractivity contribution is 7.99. The third-order valence-electron chi connectivity index (χ3n) is 5.39. The van der Waals surface area contributed by atoms with Crippen molar-refractivity contribution >= 4 is 28.6 Å². The van der Waals surface area contributed by atoms with E-state index in [-0.39, 0.29) is 16.7 Å². The number of thioether (sulfide) groups is 1. The number of fused-ring (bicyclic) bond motifs is 1. The number of hydrogen-bond acceptors (Lipinski definition) is 6. The summed E-state index contributed by atoms with van der Waals surface area (Å²) in [6.45, 7) is 4.23. The number of halogens is 1. The number of amides is 1. The van der Waals surface area contributed by atoms with Crippen molar-refractivity contribution in [2.24, 2.45) is 5.92 Å². The van der Waals surface area contributed by atoms with Crippen LogP contribution in [0.1, 0.15) is 32.0 Å². The summed E-state index contributed by atoms with van der Waals surface area (Å²) >= 11 is 1.57. The van der Waals surface area contributed by atoms with Gasteiger partial charge < -0.3 is 19.4 Å². The molecule has 7 nitrogen and oxygen atoms in total. The van der Waals surface area contributed by atoms with Crippen LogP contribution in [-0.4, -0.2) is 52.5 Å². The van der Waals surface area contributed by atoms with Crippen LogP contribution in [0.5, 0.6) is 5.75 Å². The maximum atomic E-state index is 14.5. The number of H-pyrrole nitrogens is 1. The second-order valence-corrected chi connectivity index (χ2v) is 8.62. The number of rotatable bonds is 6. The van der Waals surface area contributed by atoms with Crippen LogP contribution in [0.3, 0.4) is 0 Å². The van der Waals surface area contributed by atoms with E-state index in [2.05, 4.69) is 9.97 Å². The predicted octanol–water partition coefficient (Wildman–Crippen LogP) is 2.68. The molecule has 2 fully saturated rings. The highest BCUT2D eigenvalue weighted by Gasteiger charge is 2.22. The molecule has 9 heteroatoms. The second kappa shape index (κ2) is 8.71. The number of aromatic amines is 1. The van der Waals surface area contributed by atoms with Crippen molar-refractivity contribution in [3.8, 4) is 5.75 Å². The highest BCUT2D eigenvalue weighted by atomic mass is 32.2. The molecule has 3 heterocycles. The molecule has 1 aromatic carbocycles. The molecule has 0 bridgehead atoms. The Morgan fingerprint density at radius 3 is 2.79 bits per heavy atom. The number of hydrogen-bond donors (Lipinski definition) is 1. The lowest BCUT2D eigenvalue weighted by molar-refractivity contribution is -0.130. The molecule has 1 N–H and O–H groups in total. The van der Waals surface area contributed by atoms with Crippen molar-refractivity contribution in [2.75, 3.05) is 26.3 Å². The first kappa shape index (κ1) is 20.2. The van der Waals surface area contributed by atoms with Crippen molar-refractivity contribution in [2.45, 2.75) is 37.4 Å². The summed E-state index contributed by atoms with van der Waals surface area (Å²) < 4.78 is 25.7. The Hall–Kier alpha value is -2.13. The summed E-state index contributed by atoms with van der Waals surface area (Å²) in [5.74, 6) is 1.12. The van der Waals surface area contributed by atoms with Gasteiger partial charge in [-0.15, -0.1) is 11.8 Å². The molecule has 0 spiro atoms. The van der Waals surface area contributed by atoms with Crippen LogP contribution in [0.15, 0.2) is 16.9 Å². The smallest absolute Gasteiger partial charge is 0.261 e. The lowest BCUT2D eigenvalue weighted by Crippen LogP contribution is -2.38. The molecular weight excluding hydrogens is 397 g/mol. The zero-order valence-electron chi connectivity index (χ0n) is 16.3. The monoisotopic (exact) mass is 421 g/mol. The molecule has 1 aromatic heterocycles. The van der Waals surface area contributed by atoms with E-state index >= 15 is 0 Å². The largest absolute Gasteiger partial charge is 0.493 e. The lowest BCUT2D eigenvalue weighted by Gasteiger charge is -2.31. The molecule has 1 atom stereocenters. The summed E-state index contributed by atoms with van der Waals surface area (Å²) in [4.78, 5) is 32.6. The fourth-order valence-electron chi connectivity index (χ4n) is 3.55. The summed E-state index contributed by atoms with van der Waals surface area (Å²) in [6, 6.07) is 2.85. The standard InChI is InChI=1S/C20H24FN3O4S/c1-12(25)24-5-2-13(3-6-24)10-28-14-8-15(21)19-16(9-14)22-17(23-20(19)26)11-29-18-4-7-27-18/h8-9,13,18H,2-7,10-11H2,1H3,(H,22,23,26). The maximum absolute atomic E-state index is 14.5. The molecule has 2 aromatic rings. The quantitative estimate of drug-likeness (QED) is 0.772. The Labute approximate surface area is 172 Å². The molecule has 0 radical (unpaired) electrons. The van der Waals surface area contributed by atoms with Crippen molar-refractivity contribution in [3.63, 3.8) is 0 Å². The van der Waals surface area contributed by atoms with Crippen molar-refractivity contribution in [1.29, 1.82) is 0 Å². The van der Waals surface area contributed by atoms with E-state index in [1.807, 2.05) is 4.90 Å². The van der Waals surface area contributed by atoms with Crippen molar-refractivity contribution in [3.05, 3.63) is 34.1 Å². The molecule has 156 valence electrons. The van der Waals surface area contributed by atoms with E-state index in [1.165, 1.54) is 6.07 Å². The van der Waals surface area contributed by atoms with Gasteiger partial charge in [0, 0.05) is 38.6 Å². The molecule has 0 saturated carbocycles. The first-order chi connectivity index (χ1) is 14.0. The van der Waals surface area contributed by atoms with Crippen LogP contribution in [-0.2, 0) is 15.3 Å². The van der Waals surface area contributed by atoms with Gasteiger partial charge in [0.25, 0.3) is 5.56 Å². The first-order valence-electron chi connectivity index (χ1n) is 9.83. The molecular formula is C20H24FN3O4S. The Morgan fingerprint density at radius 2 is 2.14 bits per heavy atom. The Kier molecular flexibility index (Phi) is 6.05. The van der Waals surface area contributed by atoms with Crippen molar-refractivity contribution in [1.82, 2.24) is 14.9 Å². The van der Waals surface area contributed by atoms with Gasteiger partial charge in [-0.2, -0.15) is 0 Å². The van der Waals surface area contributed by atoms with E-state index in [4.69, 9.17) is 9.47 Å². The van der Waals surface area contributed by atoms with E-state index in [0.29, 0.717) is 35.4 Å². The third-order valence-corrected chi connectivity index (χ3v) is 6.58. The summed E-state index contributed by atoms with van der Waals surface area (Å²) in [5, 5.41) is -0.0549. The molecule has 2 aliphatic rings. The minimum Gasteiger partial charge on any atom is -0.493 e. The zero-order chi connectivity index (χ0) is 20.4. The minimum absolute atomic E-state index is 0.0549. The number of benzene rings is 1. The van der Waals surface area contributed by atoms with Gasteiger partial charge in [-0.3, -0.25) is 9.59 Å². The van der Waals surface area contributed by atoms with Crippen LogP contribution in [0, 0.1) is 11.7 Å². The van der Waals surface area contributed by atoms with Gasteiger partial charge in [-0.25, -0.2) is 9.37 Å². The molecule has 2 aliphatic heterocycles. The van der Waals surface area contributed by atoms with Crippen LogP contribution in [0.4, 0.5) is 4.39 Å². The number of piperidine rings is 1. The minimum atomic E-state index is -0.640. The fourth-order valence-corrected chi connectivity index (χ4v) is 4.48. The molecule has 1 unspecified atom stereocenters. The fraction of sp³-hybridized carbons (Fsp3) is 0.550. The summed E-state index contributed by atoms with van der Waals surface area (Å²) in [5.41, 5.74) is -0.0575. The number of carbonyl (C=O) groups is 1. The Morgan fingerprint density at radius 1 is 1.38 bits per heavy atom. The SMILES string of the molecule is CC(=O)N1CCC(COc2cc(F)c3c(=O)[nH]c(CSC4CCO4)nc3c2)CC1. The Bertz CT molecular complexity index is 955. The molecule has 0 aliphatic carbocycles. The van der Waals surface area contributed by atoms with Crippen LogP contribution in [0.25, 0.3) is 10.9 Å². The van der Waals surface area contributed by atoms with E-state index in [0.717, 1.165) is 39.0 Å². The van der Waals surface area contributed by atoms with Gasteiger partial charge in [0.05, 0.1) is 24.5 Å². The molecule has 29 heavy (non-hydrogen) atoms. The second-order valence-electron chi connectivity index (χ2n) is 7.47. The molecule has 4 rings (SSSR count). The normalized spacial score (nSPS) is 19.9. The van der Waals surface area contributed by atoms with Crippen LogP contribution >= 0.6 is 11.8 Å². The number of ether oxygens (including phenoxy) is 2. The number of nitrogens with zero attached hydrogens (tertiary/aromatic N) is 2. The van der Waals surface area contributed by atoms with Gasteiger partial charge in [0.2, 0.25) is 5.91 Å². The third kappa shape index (κ3) is 4.72. The van der Waals surface area contributed by atoms with Gasteiger partial charge in [-0.1, -0.05) is 0 Å². The van der Waals surface area contributed by atoms with Crippen LogP contribution in [0.2, 0.25) is 0 Å². The average molecular weight is 421 g/mol. The molecule has 2 saturated heterocycles. The maximum Gasteiger partial charge on any atom is 0.261 e. The summed E-state index contributed by atoms with van der Waals surface area (Å²) in [7, 11) is 0. The van der Waals surface area contributed by atoms with Gasteiger partial charge in [0.15, 0.2) is 0 Å². The lowest BCUT2D eigenvalue weighted by atomic mass is 9.98. The van der Waals surface area contributed by atoms with Gasteiger partial charge in [0.1, 0.15) is 28.2 Å². The number of aromatic nitrogens is 2. The van der Waals surface area contributed by atoms with Gasteiger partial charge >= 0.3 is 0 Å². The zero-order valence-corrected chi connectivity index (χ0v) is 17.1. The number of likely N-dealkylation sites (tertiary alicyclic amines) is 1. The number of nitrogens with one attached hydrogen (secondary N) is 1. The number of carbonyl (C=O) groups excluding carboxylic acids is 1. The van der Waals surface area contributed by atoms with Crippen molar-refractivity contribution < 1.29 is 18.7 Å². The van der Waals surface area contributed by atoms with E-state index in [1.54, 1.807) is 24.8 Å². The van der Waals surface area contributed by atoms with Gasteiger partial charge in [-0.05, 0) is 18.8 Å². The summed E-state index contributed by atoms with van der Waals surface area (Å²) in [6.07, 6.45) is 2.71. The predicted molar refractivity (Wildman–Crippen MR) is 108 cm³/mol. The first-order valence-corrected chi connectivity index (χ1v) is 10.9. The van der Waals surface area contributed by atoms with E-state index < -0.39 is 11.4 Å². The highest BCUT2D eigenvalue weighted by Crippen LogP contribution is 2.27.